The van der Waals surface area contributed by atoms with E-state index in [1.807, 2.05) is 34.6 Å². The van der Waals surface area contributed by atoms with Crippen molar-refractivity contribution in [2.45, 2.75) is 71.0 Å². The molecule has 0 heterocycles. The van der Waals surface area contributed by atoms with Crippen LogP contribution < -0.4 is 9.62 Å². The van der Waals surface area contributed by atoms with E-state index >= 15 is 0 Å². The predicted octanol–water partition coefficient (Wildman–Crippen LogP) is 6.53. The molecule has 0 radical (unpaired) electrons. The number of nitrogens with one attached hydrogen (secondary N) is 1. The van der Waals surface area contributed by atoms with Gasteiger partial charge in [0.25, 0.3) is 10.0 Å². The Balaban J connectivity index is 2.07. The van der Waals surface area contributed by atoms with Gasteiger partial charge in [0.1, 0.15) is 12.6 Å². The molecule has 0 aliphatic carbocycles. The van der Waals surface area contributed by atoms with Crippen LogP contribution in [0.15, 0.2) is 71.6 Å². The van der Waals surface area contributed by atoms with E-state index in [-0.39, 0.29) is 23.4 Å². The van der Waals surface area contributed by atoms with E-state index in [2.05, 4.69) is 5.32 Å². The fraction of sp³-hybridized carbons (Fsp3) is 0.355. The number of halogens is 2. The van der Waals surface area contributed by atoms with Gasteiger partial charge in [0, 0.05) is 12.6 Å². The Morgan fingerprint density at radius 2 is 1.44 bits per heavy atom. The highest BCUT2D eigenvalue weighted by Gasteiger charge is 2.34. The normalized spacial score (nSPS) is 12.9. The molecule has 3 aromatic rings. The second-order valence-electron chi connectivity index (χ2n) is 10.2. The van der Waals surface area contributed by atoms with Crippen molar-refractivity contribution in [3.63, 3.8) is 0 Å². The van der Waals surface area contributed by atoms with Gasteiger partial charge in [-0.25, -0.2) is 8.42 Å². The number of aryl methyl sites for hydroxylation is 2. The van der Waals surface area contributed by atoms with Crippen LogP contribution in [-0.4, -0.2) is 43.8 Å². The third-order valence-corrected chi connectivity index (χ3v) is 9.46. The highest BCUT2D eigenvalue weighted by Crippen LogP contribution is 2.27. The quantitative estimate of drug-likeness (QED) is 0.250. The van der Waals surface area contributed by atoms with E-state index in [4.69, 9.17) is 23.2 Å². The van der Waals surface area contributed by atoms with Crippen molar-refractivity contribution in [2.75, 3.05) is 10.8 Å². The maximum absolute atomic E-state index is 14.1. The number of benzene rings is 3. The zero-order valence-electron chi connectivity index (χ0n) is 24.0. The topological polar surface area (TPSA) is 86.8 Å². The summed E-state index contributed by atoms with van der Waals surface area (Å²) in [5.41, 5.74) is 2.86. The number of hydrogen-bond donors (Lipinski definition) is 1. The van der Waals surface area contributed by atoms with Crippen LogP contribution in [0.1, 0.15) is 50.3 Å². The van der Waals surface area contributed by atoms with Gasteiger partial charge in [0.2, 0.25) is 11.8 Å². The van der Waals surface area contributed by atoms with Gasteiger partial charge >= 0.3 is 0 Å². The summed E-state index contributed by atoms with van der Waals surface area (Å²) >= 11 is 12.4. The van der Waals surface area contributed by atoms with Gasteiger partial charge in [-0.2, -0.15) is 0 Å². The van der Waals surface area contributed by atoms with E-state index < -0.39 is 28.5 Å². The van der Waals surface area contributed by atoms with Crippen molar-refractivity contribution >= 4 is 50.7 Å². The number of carbonyl (C=O) groups excluding carboxylic acids is 2. The highest BCUT2D eigenvalue weighted by molar-refractivity contribution is 7.92. The van der Waals surface area contributed by atoms with Crippen LogP contribution in [0.2, 0.25) is 10.0 Å². The number of sulfonamides is 1. The smallest absolute Gasteiger partial charge is 0.264 e. The molecule has 2 atom stereocenters. The Morgan fingerprint density at radius 1 is 0.854 bits per heavy atom. The van der Waals surface area contributed by atoms with Crippen molar-refractivity contribution in [3.05, 3.63) is 93.5 Å². The second-order valence-corrected chi connectivity index (χ2v) is 12.8. The maximum atomic E-state index is 14.1. The second kappa shape index (κ2) is 14.2. The van der Waals surface area contributed by atoms with Crippen molar-refractivity contribution < 1.29 is 18.0 Å². The Morgan fingerprint density at radius 3 is 1.98 bits per heavy atom. The lowest BCUT2D eigenvalue weighted by atomic mass is 10.1. The van der Waals surface area contributed by atoms with E-state index in [1.54, 1.807) is 54.6 Å². The molecule has 3 rings (SSSR count). The molecule has 10 heteroatoms. The fourth-order valence-electron chi connectivity index (χ4n) is 4.27. The Bertz CT molecular complexity index is 1460. The maximum Gasteiger partial charge on any atom is 0.264 e. The van der Waals surface area contributed by atoms with Crippen molar-refractivity contribution in [2.24, 2.45) is 0 Å². The Kier molecular flexibility index (Phi) is 11.2. The zero-order valence-corrected chi connectivity index (χ0v) is 26.4. The number of rotatable bonds is 12. The lowest BCUT2D eigenvalue weighted by Gasteiger charge is -2.33. The average Bonchev–Trinajstić information content (AvgIpc) is 2.94. The number of hydrogen-bond acceptors (Lipinski definition) is 4. The summed E-state index contributed by atoms with van der Waals surface area (Å²) in [7, 11) is -4.13. The minimum absolute atomic E-state index is 0.0362. The van der Waals surface area contributed by atoms with Gasteiger partial charge in [0.15, 0.2) is 0 Å². The molecule has 0 aromatic heterocycles. The summed E-state index contributed by atoms with van der Waals surface area (Å²) in [5, 5.41) is 3.64. The van der Waals surface area contributed by atoms with Crippen LogP contribution in [0.3, 0.4) is 0 Å². The number of nitrogens with zero attached hydrogens (tertiary/aromatic N) is 2. The van der Waals surface area contributed by atoms with E-state index in [0.29, 0.717) is 27.7 Å². The van der Waals surface area contributed by atoms with E-state index in [1.165, 1.54) is 17.0 Å². The molecule has 0 saturated heterocycles. The third-order valence-electron chi connectivity index (χ3n) is 6.93. The zero-order chi connectivity index (χ0) is 30.3. The summed E-state index contributed by atoms with van der Waals surface area (Å²) < 4.78 is 29.0. The molecule has 0 bridgehead atoms. The number of carbonyl (C=O) groups is 2. The van der Waals surface area contributed by atoms with Gasteiger partial charge in [-0.05, 0) is 75.6 Å². The molecular weight excluding hydrogens is 581 g/mol. The Labute approximate surface area is 253 Å². The molecule has 0 aliphatic rings. The van der Waals surface area contributed by atoms with Crippen molar-refractivity contribution in [1.82, 2.24) is 10.2 Å². The van der Waals surface area contributed by atoms with Crippen molar-refractivity contribution in [3.8, 4) is 0 Å². The van der Waals surface area contributed by atoms with E-state index in [9.17, 15) is 18.0 Å². The summed E-state index contributed by atoms with van der Waals surface area (Å²) in [6, 6.07) is 17.5. The van der Waals surface area contributed by atoms with Crippen LogP contribution in [0.25, 0.3) is 0 Å². The highest BCUT2D eigenvalue weighted by atomic mass is 35.5. The van der Waals surface area contributed by atoms with Crippen LogP contribution in [0, 0.1) is 13.8 Å². The summed E-state index contributed by atoms with van der Waals surface area (Å²) in [4.78, 5) is 29.0. The molecule has 3 aromatic carbocycles. The van der Waals surface area contributed by atoms with Gasteiger partial charge in [-0.1, -0.05) is 78.5 Å². The summed E-state index contributed by atoms with van der Waals surface area (Å²) in [5.74, 6) is -0.836. The van der Waals surface area contributed by atoms with Gasteiger partial charge in [-0.3, -0.25) is 13.9 Å². The van der Waals surface area contributed by atoms with Gasteiger partial charge in [0.05, 0.1) is 20.6 Å². The first-order chi connectivity index (χ1) is 19.4. The fourth-order valence-corrected chi connectivity index (χ4v) is 6.01. The van der Waals surface area contributed by atoms with Crippen molar-refractivity contribution in [1.29, 1.82) is 0 Å². The standard InChI is InChI=1S/C31H37Cl2N3O4S/c1-6-23(5)34-31(38)29(7-2)35(19-24-12-17-27(32)28(33)18-24)30(37)20-36(25-13-8-21(3)9-14-25)41(39,40)26-15-10-22(4)11-16-26/h8-18,23,29H,6-7,19-20H2,1-5H3,(H,34,38)/t23-,29+/m0/s1. The number of amides is 2. The Hall–Kier alpha value is -3.07. The SMILES string of the molecule is CC[C@H](C(=O)N[C@@H](C)CC)N(Cc1ccc(Cl)c(Cl)c1)C(=O)CN(c1ccc(C)cc1)S(=O)(=O)c1ccc(C)cc1. The minimum atomic E-state index is -4.13. The largest absolute Gasteiger partial charge is 0.352 e. The molecule has 2 amide bonds. The molecule has 0 saturated carbocycles. The van der Waals surface area contributed by atoms with E-state index in [0.717, 1.165) is 21.9 Å². The molecule has 0 fully saturated rings. The van der Waals surface area contributed by atoms with Crippen LogP contribution in [0.5, 0.6) is 0 Å². The first-order valence-electron chi connectivity index (χ1n) is 13.6. The van der Waals surface area contributed by atoms with Crippen LogP contribution in [-0.2, 0) is 26.2 Å². The van der Waals surface area contributed by atoms with Crippen LogP contribution >= 0.6 is 23.2 Å². The molecule has 41 heavy (non-hydrogen) atoms. The molecule has 7 nitrogen and oxygen atoms in total. The third kappa shape index (κ3) is 8.24. The average molecular weight is 619 g/mol. The number of anilines is 1. The van der Waals surface area contributed by atoms with Gasteiger partial charge in [-0.15, -0.1) is 0 Å². The molecule has 1 N–H and O–H groups in total. The summed E-state index contributed by atoms with van der Waals surface area (Å²) in [6.07, 6.45) is 1.05. The first-order valence-corrected chi connectivity index (χ1v) is 15.8. The predicted molar refractivity (Wildman–Crippen MR) is 166 cm³/mol. The molecular formula is C31H37Cl2N3O4S. The van der Waals surface area contributed by atoms with Gasteiger partial charge < -0.3 is 10.2 Å². The molecule has 0 spiro atoms. The minimum Gasteiger partial charge on any atom is -0.352 e. The molecule has 220 valence electrons. The summed E-state index contributed by atoms with van der Waals surface area (Å²) in [6.45, 7) is 8.96. The molecule has 0 unspecified atom stereocenters. The lowest BCUT2D eigenvalue weighted by molar-refractivity contribution is -0.140. The monoisotopic (exact) mass is 617 g/mol. The van der Waals surface area contributed by atoms with Crippen LogP contribution in [0.4, 0.5) is 5.69 Å². The molecule has 0 aliphatic heterocycles. The lowest BCUT2D eigenvalue weighted by Crippen LogP contribution is -2.53. The first kappa shape index (κ1) is 32.4.